The Morgan fingerprint density at radius 3 is 1.11 bits per heavy atom. The van der Waals surface area contributed by atoms with E-state index >= 15 is 0 Å². The van der Waals surface area contributed by atoms with E-state index in [0.717, 1.165) is 89.9 Å². The van der Waals surface area contributed by atoms with Gasteiger partial charge in [0.2, 0.25) is 0 Å². The molecule has 0 heterocycles. The molecule has 0 aliphatic carbocycles. The van der Waals surface area contributed by atoms with Crippen molar-refractivity contribution >= 4 is 17.9 Å². The third-order valence-electron chi connectivity index (χ3n) is 9.85. The molecule has 0 saturated carbocycles. The molecule has 318 valence electrons. The largest absolute Gasteiger partial charge is 0.462 e. The average molecular weight is 771 g/mol. The minimum absolute atomic E-state index is 0.0742. The van der Waals surface area contributed by atoms with Gasteiger partial charge in [0.05, 0.1) is 0 Å². The van der Waals surface area contributed by atoms with Gasteiger partial charge >= 0.3 is 17.9 Å². The van der Waals surface area contributed by atoms with Crippen molar-refractivity contribution in [1.82, 2.24) is 0 Å². The summed E-state index contributed by atoms with van der Waals surface area (Å²) in [4.78, 5) is 37.5. The highest BCUT2D eigenvalue weighted by Crippen LogP contribution is 2.14. The summed E-state index contributed by atoms with van der Waals surface area (Å²) in [6.07, 6.45) is 51.2. The second-order valence-electron chi connectivity index (χ2n) is 15.3. The van der Waals surface area contributed by atoms with Crippen LogP contribution in [-0.4, -0.2) is 37.2 Å². The van der Waals surface area contributed by atoms with E-state index in [1.54, 1.807) is 0 Å². The standard InChI is InChI=1S/C49H86O6/c1-4-7-10-13-16-18-20-21-22-23-24-25-26-27-28-29-30-32-33-36-39-42-48(51)54-45-46(44-53-47(50)41-38-35-15-12-9-6-3)55-49(52)43-40-37-34-31-19-17-14-11-8-5-2/h7,10,16,18,21-22,24-25,46H,4-6,8-9,11-15,17,19-20,23,26-45H2,1-3H3/b10-7-,18-16-,22-21-,25-24-. The van der Waals surface area contributed by atoms with Gasteiger partial charge < -0.3 is 14.2 Å². The molecule has 0 aromatic heterocycles. The molecule has 0 aromatic carbocycles. The lowest BCUT2D eigenvalue weighted by Crippen LogP contribution is -2.30. The smallest absolute Gasteiger partial charge is 0.306 e. The second-order valence-corrected chi connectivity index (χ2v) is 15.3. The van der Waals surface area contributed by atoms with Crippen molar-refractivity contribution < 1.29 is 28.6 Å². The number of hydrogen-bond donors (Lipinski definition) is 0. The van der Waals surface area contributed by atoms with Gasteiger partial charge in [0.15, 0.2) is 6.10 Å². The fraction of sp³-hybridized carbons (Fsp3) is 0.776. The summed E-state index contributed by atoms with van der Waals surface area (Å²) >= 11 is 0. The van der Waals surface area contributed by atoms with Crippen LogP contribution in [-0.2, 0) is 28.6 Å². The van der Waals surface area contributed by atoms with Crippen LogP contribution in [0.1, 0.15) is 226 Å². The van der Waals surface area contributed by atoms with Crippen molar-refractivity contribution in [1.29, 1.82) is 0 Å². The van der Waals surface area contributed by atoms with Crippen LogP contribution < -0.4 is 0 Å². The molecule has 0 rings (SSSR count). The van der Waals surface area contributed by atoms with Crippen LogP contribution >= 0.6 is 0 Å². The van der Waals surface area contributed by atoms with Crippen molar-refractivity contribution in [3.63, 3.8) is 0 Å². The number of carbonyl (C=O) groups is 3. The summed E-state index contributed by atoms with van der Waals surface area (Å²) in [6, 6.07) is 0. The molecule has 0 radical (unpaired) electrons. The zero-order chi connectivity index (χ0) is 40.1. The molecule has 0 N–H and O–H groups in total. The van der Waals surface area contributed by atoms with E-state index in [1.807, 2.05) is 0 Å². The SMILES string of the molecule is CC/C=C\C/C=C\C/C=C\C/C=C\CCCCCCCCCCC(=O)OCC(COC(=O)CCCCCCCC)OC(=O)CCCCCCCCCCCC. The summed E-state index contributed by atoms with van der Waals surface area (Å²) < 4.78 is 16.6. The van der Waals surface area contributed by atoms with Gasteiger partial charge in [-0.05, 0) is 57.8 Å². The molecular weight excluding hydrogens is 685 g/mol. The van der Waals surface area contributed by atoms with E-state index in [4.69, 9.17) is 14.2 Å². The minimum Gasteiger partial charge on any atom is -0.462 e. The number of rotatable bonds is 41. The first-order valence-corrected chi connectivity index (χ1v) is 23.1. The second kappa shape index (κ2) is 44.1. The maximum absolute atomic E-state index is 12.6. The van der Waals surface area contributed by atoms with Gasteiger partial charge in [0.1, 0.15) is 13.2 Å². The van der Waals surface area contributed by atoms with Gasteiger partial charge in [-0.25, -0.2) is 0 Å². The highest BCUT2D eigenvalue weighted by molar-refractivity contribution is 5.71. The van der Waals surface area contributed by atoms with E-state index in [9.17, 15) is 14.4 Å². The quantitative estimate of drug-likeness (QED) is 0.0267. The van der Waals surface area contributed by atoms with Crippen LogP contribution in [0.3, 0.4) is 0 Å². The Balaban J connectivity index is 4.18. The fourth-order valence-corrected chi connectivity index (χ4v) is 6.37. The minimum atomic E-state index is -0.768. The molecule has 0 amide bonds. The van der Waals surface area contributed by atoms with E-state index in [-0.39, 0.29) is 31.1 Å². The monoisotopic (exact) mass is 771 g/mol. The normalized spacial score (nSPS) is 12.4. The van der Waals surface area contributed by atoms with Crippen LogP contribution in [0, 0.1) is 0 Å². The molecule has 1 unspecified atom stereocenters. The molecule has 0 fully saturated rings. The number of allylic oxidation sites excluding steroid dienone is 8. The summed E-state index contributed by atoms with van der Waals surface area (Å²) in [5, 5.41) is 0. The van der Waals surface area contributed by atoms with Crippen LogP contribution in [0.4, 0.5) is 0 Å². The molecule has 0 bridgehead atoms. The lowest BCUT2D eigenvalue weighted by Gasteiger charge is -2.18. The van der Waals surface area contributed by atoms with Crippen LogP contribution in [0.5, 0.6) is 0 Å². The summed E-state index contributed by atoms with van der Waals surface area (Å²) in [5.41, 5.74) is 0. The Labute approximate surface area is 339 Å². The summed E-state index contributed by atoms with van der Waals surface area (Å²) in [7, 11) is 0. The van der Waals surface area contributed by atoms with E-state index < -0.39 is 6.10 Å². The summed E-state index contributed by atoms with van der Waals surface area (Å²) in [6.45, 7) is 6.44. The fourth-order valence-electron chi connectivity index (χ4n) is 6.37. The molecule has 0 aliphatic heterocycles. The van der Waals surface area contributed by atoms with Crippen molar-refractivity contribution in [2.24, 2.45) is 0 Å². The van der Waals surface area contributed by atoms with Gasteiger partial charge in [0, 0.05) is 19.3 Å². The number of carbonyl (C=O) groups excluding carboxylic acids is 3. The van der Waals surface area contributed by atoms with Crippen molar-refractivity contribution in [2.75, 3.05) is 13.2 Å². The number of esters is 3. The van der Waals surface area contributed by atoms with Crippen molar-refractivity contribution in [2.45, 2.75) is 232 Å². The van der Waals surface area contributed by atoms with Crippen molar-refractivity contribution in [3.05, 3.63) is 48.6 Å². The maximum atomic E-state index is 12.6. The third-order valence-corrected chi connectivity index (χ3v) is 9.85. The Morgan fingerprint density at radius 2 is 0.709 bits per heavy atom. The molecule has 0 saturated heterocycles. The van der Waals surface area contributed by atoms with Crippen LogP contribution in [0.15, 0.2) is 48.6 Å². The molecule has 6 heteroatoms. The molecule has 55 heavy (non-hydrogen) atoms. The molecule has 1 atom stereocenters. The average Bonchev–Trinajstić information content (AvgIpc) is 3.18. The number of hydrogen-bond acceptors (Lipinski definition) is 6. The topological polar surface area (TPSA) is 78.9 Å². The maximum Gasteiger partial charge on any atom is 0.306 e. The first-order valence-electron chi connectivity index (χ1n) is 23.1. The molecule has 6 nitrogen and oxygen atoms in total. The van der Waals surface area contributed by atoms with Crippen LogP contribution in [0.25, 0.3) is 0 Å². The molecule has 0 spiro atoms. The number of ether oxygens (including phenoxy) is 3. The Hall–Kier alpha value is -2.63. The Morgan fingerprint density at radius 1 is 0.382 bits per heavy atom. The predicted molar refractivity (Wildman–Crippen MR) is 233 cm³/mol. The van der Waals surface area contributed by atoms with Gasteiger partial charge in [-0.2, -0.15) is 0 Å². The predicted octanol–water partition coefficient (Wildman–Crippen LogP) is 14.8. The number of unbranched alkanes of at least 4 members (excludes halogenated alkanes) is 22. The summed E-state index contributed by atoms with van der Waals surface area (Å²) in [5.74, 6) is -0.893. The van der Waals surface area contributed by atoms with Crippen LogP contribution in [0.2, 0.25) is 0 Å². The van der Waals surface area contributed by atoms with Gasteiger partial charge in [-0.3, -0.25) is 14.4 Å². The van der Waals surface area contributed by atoms with Gasteiger partial charge in [-0.1, -0.05) is 198 Å². The van der Waals surface area contributed by atoms with E-state index in [1.165, 1.54) is 96.3 Å². The molecule has 0 aromatic rings. The van der Waals surface area contributed by atoms with Gasteiger partial charge in [-0.15, -0.1) is 0 Å². The molecular formula is C49H86O6. The first-order chi connectivity index (χ1) is 27.0. The zero-order valence-corrected chi connectivity index (χ0v) is 36.2. The van der Waals surface area contributed by atoms with E-state index in [2.05, 4.69) is 69.4 Å². The lowest BCUT2D eigenvalue weighted by atomic mass is 10.1. The third kappa shape index (κ3) is 42.4. The highest BCUT2D eigenvalue weighted by Gasteiger charge is 2.19. The first kappa shape index (κ1) is 52.4. The van der Waals surface area contributed by atoms with E-state index in [0.29, 0.717) is 19.3 Å². The van der Waals surface area contributed by atoms with Crippen molar-refractivity contribution in [3.8, 4) is 0 Å². The zero-order valence-electron chi connectivity index (χ0n) is 36.2. The molecule has 0 aliphatic rings. The van der Waals surface area contributed by atoms with Gasteiger partial charge in [0.25, 0.3) is 0 Å². The Bertz CT molecular complexity index is 980. The highest BCUT2D eigenvalue weighted by atomic mass is 16.6. The Kier molecular flexibility index (Phi) is 42.0. The lowest BCUT2D eigenvalue weighted by molar-refractivity contribution is -0.167.